The Kier molecular flexibility index (Phi) is 5.60. The molecule has 0 saturated carbocycles. The Labute approximate surface area is 160 Å². The summed E-state index contributed by atoms with van der Waals surface area (Å²) in [5.41, 5.74) is 13.9. The highest BCUT2D eigenvalue weighted by atomic mass is 15.1. The molecule has 2 heteroatoms. The number of nitrogens with zero attached hydrogens (tertiary/aromatic N) is 2. The van der Waals surface area contributed by atoms with Gasteiger partial charge in [0.2, 0.25) is 0 Å². The van der Waals surface area contributed by atoms with E-state index in [0.717, 1.165) is 0 Å². The molecule has 0 aromatic carbocycles. The zero-order valence-corrected chi connectivity index (χ0v) is 18.1. The summed E-state index contributed by atoms with van der Waals surface area (Å²) in [6.45, 7) is 14.1. The van der Waals surface area contributed by atoms with Gasteiger partial charge in [0, 0.05) is 37.7 Å². The molecule has 2 aliphatic heterocycles. The molecule has 0 radical (unpaired) electrons. The SMILES string of the molecule is CC1=C(C(/C)=C(/C)C2=[N+](C)CCC2)CC/C1=C(C)\C(C)=C1\CCCN1C. The lowest BCUT2D eigenvalue weighted by molar-refractivity contribution is -0.488. The van der Waals surface area contributed by atoms with E-state index in [1.165, 1.54) is 73.9 Å². The summed E-state index contributed by atoms with van der Waals surface area (Å²) in [6.07, 6.45) is 7.50. The lowest BCUT2D eigenvalue weighted by Crippen LogP contribution is -2.12. The zero-order valence-electron chi connectivity index (χ0n) is 18.1. The van der Waals surface area contributed by atoms with E-state index >= 15 is 0 Å². The van der Waals surface area contributed by atoms with Crippen LogP contribution in [-0.4, -0.2) is 42.4 Å². The highest BCUT2D eigenvalue weighted by molar-refractivity contribution is 5.97. The van der Waals surface area contributed by atoms with Gasteiger partial charge in [0.05, 0.1) is 0 Å². The van der Waals surface area contributed by atoms with Gasteiger partial charge in [-0.25, -0.2) is 4.58 Å². The molecule has 0 N–H and O–H groups in total. The smallest absolute Gasteiger partial charge is 0.179 e. The lowest BCUT2D eigenvalue weighted by Gasteiger charge is -2.18. The number of rotatable bonds is 3. The molecule has 1 saturated heterocycles. The third-order valence-corrected chi connectivity index (χ3v) is 7.16. The Hall–Kier alpha value is -1.57. The van der Waals surface area contributed by atoms with Gasteiger partial charge >= 0.3 is 0 Å². The fourth-order valence-corrected chi connectivity index (χ4v) is 5.20. The molecular formula is C24H37N2+. The van der Waals surface area contributed by atoms with Gasteiger partial charge in [-0.2, -0.15) is 0 Å². The summed E-state index contributed by atoms with van der Waals surface area (Å²) in [5, 5.41) is 0. The minimum absolute atomic E-state index is 1.21. The fourth-order valence-electron chi connectivity index (χ4n) is 5.20. The van der Waals surface area contributed by atoms with Gasteiger partial charge in [-0.05, 0) is 93.7 Å². The standard InChI is InChI=1S/C24H37N2/c1-16(18(3)23-10-8-14-25(23)6)21-12-13-22(20(21)5)17(2)19(4)24-11-9-15-26(24)7/h8-15H2,1-7H3/q+1. The summed E-state index contributed by atoms with van der Waals surface area (Å²) in [6, 6.07) is 0. The van der Waals surface area contributed by atoms with Crippen LogP contribution >= 0.6 is 0 Å². The van der Waals surface area contributed by atoms with Crippen molar-refractivity contribution >= 4 is 5.71 Å². The number of hydrogen-bond acceptors (Lipinski definition) is 1. The first-order valence-electron chi connectivity index (χ1n) is 10.4. The zero-order chi connectivity index (χ0) is 19.0. The maximum atomic E-state index is 2.45. The Morgan fingerprint density at radius 1 is 0.885 bits per heavy atom. The molecule has 142 valence electrons. The third kappa shape index (κ3) is 3.35. The van der Waals surface area contributed by atoms with E-state index in [4.69, 9.17) is 0 Å². The Bertz CT molecular complexity index is 768. The van der Waals surface area contributed by atoms with Crippen LogP contribution in [0.15, 0.2) is 44.7 Å². The van der Waals surface area contributed by atoms with Gasteiger partial charge < -0.3 is 4.90 Å². The predicted molar refractivity (Wildman–Crippen MR) is 113 cm³/mol. The average Bonchev–Trinajstić information content (AvgIpc) is 3.32. The second-order valence-corrected chi connectivity index (χ2v) is 8.53. The van der Waals surface area contributed by atoms with Gasteiger partial charge in [0.25, 0.3) is 0 Å². The maximum absolute atomic E-state index is 2.45. The summed E-state index contributed by atoms with van der Waals surface area (Å²) in [4.78, 5) is 2.45. The molecular weight excluding hydrogens is 316 g/mol. The molecule has 0 bridgehead atoms. The van der Waals surface area contributed by atoms with Crippen molar-refractivity contribution in [3.05, 3.63) is 44.7 Å². The quantitative estimate of drug-likeness (QED) is 0.596. The van der Waals surface area contributed by atoms with E-state index in [-0.39, 0.29) is 0 Å². The number of allylic oxidation sites excluding steroid dienone is 8. The minimum atomic E-state index is 1.21. The molecule has 1 fully saturated rings. The normalized spacial score (nSPS) is 26.2. The van der Waals surface area contributed by atoms with Crippen molar-refractivity contribution in [3.63, 3.8) is 0 Å². The van der Waals surface area contributed by atoms with Crippen molar-refractivity contribution < 1.29 is 4.58 Å². The van der Waals surface area contributed by atoms with Crippen LogP contribution in [0.1, 0.15) is 73.1 Å². The molecule has 3 aliphatic rings. The summed E-state index contributed by atoms with van der Waals surface area (Å²) in [7, 11) is 4.50. The third-order valence-electron chi connectivity index (χ3n) is 7.16. The maximum Gasteiger partial charge on any atom is 0.179 e. The van der Waals surface area contributed by atoms with E-state index in [0.29, 0.717) is 0 Å². The predicted octanol–water partition coefficient (Wildman–Crippen LogP) is 5.63. The van der Waals surface area contributed by atoms with Crippen LogP contribution in [0.4, 0.5) is 0 Å². The Balaban J connectivity index is 1.99. The van der Waals surface area contributed by atoms with Crippen LogP contribution in [0.2, 0.25) is 0 Å². The molecule has 0 unspecified atom stereocenters. The largest absolute Gasteiger partial charge is 0.378 e. The first-order chi connectivity index (χ1) is 12.3. The van der Waals surface area contributed by atoms with Crippen molar-refractivity contribution in [2.45, 2.75) is 73.1 Å². The topological polar surface area (TPSA) is 6.25 Å². The first-order valence-corrected chi connectivity index (χ1v) is 10.4. The highest BCUT2D eigenvalue weighted by Gasteiger charge is 2.26. The first kappa shape index (κ1) is 19.2. The molecule has 0 amide bonds. The molecule has 0 atom stereocenters. The minimum Gasteiger partial charge on any atom is -0.378 e. The van der Waals surface area contributed by atoms with Crippen molar-refractivity contribution in [3.8, 4) is 0 Å². The summed E-state index contributed by atoms with van der Waals surface area (Å²) in [5.74, 6) is 0. The van der Waals surface area contributed by atoms with E-state index < -0.39 is 0 Å². The Morgan fingerprint density at radius 3 is 2.19 bits per heavy atom. The van der Waals surface area contributed by atoms with Crippen LogP contribution in [0.3, 0.4) is 0 Å². The van der Waals surface area contributed by atoms with E-state index in [9.17, 15) is 0 Å². The molecule has 3 rings (SSSR count). The van der Waals surface area contributed by atoms with Crippen molar-refractivity contribution in [1.82, 2.24) is 4.90 Å². The molecule has 0 spiro atoms. The van der Waals surface area contributed by atoms with Crippen LogP contribution in [0.5, 0.6) is 0 Å². The second-order valence-electron chi connectivity index (χ2n) is 8.53. The Morgan fingerprint density at radius 2 is 1.62 bits per heavy atom. The van der Waals surface area contributed by atoms with E-state index in [1.54, 1.807) is 28.1 Å². The fraction of sp³-hybridized carbons (Fsp3) is 0.625. The van der Waals surface area contributed by atoms with Crippen LogP contribution in [0, 0.1) is 0 Å². The van der Waals surface area contributed by atoms with Gasteiger partial charge in [-0.15, -0.1) is 0 Å². The molecule has 2 nitrogen and oxygen atoms in total. The van der Waals surface area contributed by atoms with Crippen LogP contribution in [-0.2, 0) is 0 Å². The van der Waals surface area contributed by atoms with Gasteiger partial charge in [-0.1, -0.05) is 0 Å². The lowest BCUT2D eigenvalue weighted by atomic mass is 9.93. The summed E-state index contributed by atoms with van der Waals surface area (Å²) >= 11 is 0. The van der Waals surface area contributed by atoms with Crippen molar-refractivity contribution in [1.29, 1.82) is 0 Å². The number of likely N-dealkylation sites (tertiary alicyclic amines) is 1. The molecule has 2 heterocycles. The average molecular weight is 354 g/mol. The second kappa shape index (κ2) is 7.58. The van der Waals surface area contributed by atoms with E-state index in [2.05, 4.69) is 58.2 Å². The van der Waals surface area contributed by atoms with Crippen molar-refractivity contribution in [2.24, 2.45) is 0 Å². The van der Waals surface area contributed by atoms with E-state index in [1.807, 2.05) is 0 Å². The van der Waals surface area contributed by atoms with Crippen LogP contribution < -0.4 is 0 Å². The molecule has 0 aromatic heterocycles. The molecule has 26 heavy (non-hydrogen) atoms. The van der Waals surface area contributed by atoms with Crippen LogP contribution in [0.25, 0.3) is 0 Å². The monoisotopic (exact) mass is 353 g/mol. The van der Waals surface area contributed by atoms with Crippen molar-refractivity contribution in [2.75, 3.05) is 27.2 Å². The molecule has 0 aromatic rings. The van der Waals surface area contributed by atoms with Gasteiger partial charge in [0.1, 0.15) is 13.6 Å². The van der Waals surface area contributed by atoms with Gasteiger partial charge in [0.15, 0.2) is 5.71 Å². The summed E-state index contributed by atoms with van der Waals surface area (Å²) < 4.78 is 2.45. The molecule has 1 aliphatic carbocycles. The number of hydrogen-bond donors (Lipinski definition) is 0. The highest BCUT2D eigenvalue weighted by Crippen LogP contribution is 2.40. The van der Waals surface area contributed by atoms with Gasteiger partial charge in [-0.3, -0.25) is 0 Å².